The van der Waals surface area contributed by atoms with E-state index in [1.165, 1.54) is 5.75 Å². The van der Waals surface area contributed by atoms with Gasteiger partial charge >= 0.3 is 0 Å². The van der Waals surface area contributed by atoms with E-state index < -0.39 is 16.2 Å². The number of hydrogen-bond donors (Lipinski definition) is 2. The molecule has 0 saturated carbocycles. The van der Waals surface area contributed by atoms with Gasteiger partial charge in [-0.05, 0) is 13.3 Å². The maximum absolute atomic E-state index is 10.8. The van der Waals surface area contributed by atoms with Crippen molar-refractivity contribution in [2.45, 2.75) is 26.4 Å². The highest BCUT2D eigenvalue weighted by molar-refractivity contribution is 7.91. The minimum atomic E-state index is -3.23. The van der Waals surface area contributed by atoms with E-state index in [1.807, 2.05) is 0 Å². The topological polar surface area (TPSA) is 72.2 Å². The lowest BCUT2D eigenvalue weighted by Gasteiger charge is -2.06. The molecule has 10 heavy (non-hydrogen) atoms. The van der Waals surface area contributed by atoms with Crippen molar-refractivity contribution >= 4 is 10.0 Å². The molecule has 1 unspecified atom stereocenters. The fourth-order valence-electron chi connectivity index (χ4n) is 0.527. The molecule has 0 heterocycles. The zero-order valence-electron chi connectivity index (χ0n) is 6.16. The van der Waals surface area contributed by atoms with Crippen LogP contribution in [0.1, 0.15) is 20.3 Å². The molecule has 0 fully saturated rings. The van der Waals surface area contributed by atoms with Crippen molar-refractivity contribution in [1.82, 2.24) is 4.72 Å². The van der Waals surface area contributed by atoms with E-state index >= 15 is 0 Å². The van der Waals surface area contributed by atoms with Crippen molar-refractivity contribution in [3.63, 3.8) is 0 Å². The maximum atomic E-state index is 10.8. The van der Waals surface area contributed by atoms with E-state index in [1.54, 1.807) is 13.8 Å². The van der Waals surface area contributed by atoms with Crippen LogP contribution in [0.5, 0.6) is 0 Å². The predicted molar refractivity (Wildman–Crippen MR) is 40.3 cm³/mol. The van der Waals surface area contributed by atoms with Gasteiger partial charge in [0.2, 0.25) is 10.0 Å². The lowest BCUT2D eigenvalue weighted by molar-refractivity contribution is 0.570. The monoisotopic (exact) mass is 165 g/mol. The number of nitrogens with one attached hydrogen (secondary N) is 1. The Labute approximate surface area is 61.8 Å². The summed E-state index contributed by atoms with van der Waals surface area (Å²) < 4.78 is 23.8. The first-order chi connectivity index (χ1) is 4.48. The van der Waals surface area contributed by atoms with Gasteiger partial charge in [0.1, 0.15) is 0 Å². The highest BCUT2D eigenvalue weighted by Gasteiger charge is 2.09. The van der Waals surface area contributed by atoms with Crippen molar-refractivity contribution in [3.05, 3.63) is 5.75 Å². The van der Waals surface area contributed by atoms with E-state index in [-0.39, 0.29) is 0 Å². The largest absolute Gasteiger partial charge is 0.315 e. The summed E-state index contributed by atoms with van der Waals surface area (Å²) in [7, 11) is -3.23. The number of nitrogens with two attached hydrogens (primary N) is 1. The highest BCUT2D eigenvalue weighted by atomic mass is 32.2. The van der Waals surface area contributed by atoms with Gasteiger partial charge in [-0.2, -0.15) is 4.72 Å². The molecule has 0 aromatic heterocycles. The van der Waals surface area contributed by atoms with Crippen molar-refractivity contribution in [3.8, 4) is 0 Å². The quantitative estimate of drug-likeness (QED) is 0.566. The summed E-state index contributed by atoms with van der Waals surface area (Å²) in [5.74, 6) is 1.19. The van der Waals surface area contributed by atoms with Crippen LogP contribution < -0.4 is 10.5 Å². The van der Waals surface area contributed by atoms with Crippen molar-refractivity contribution in [2.24, 2.45) is 5.73 Å². The molecule has 0 aliphatic rings. The summed E-state index contributed by atoms with van der Waals surface area (Å²) in [4.78, 5) is 0. The molecular formula is C5H13N2O2S. The molecule has 61 valence electrons. The number of sulfonamides is 1. The summed E-state index contributed by atoms with van der Waals surface area (Å²) in [5.41, 5.74) is 5.20. The van der Waals surface area contributed by atoms with Crippen LogP contribution in [0.25, 0.3) is 0 Å². The summed E-state index contributed by atoms with van der Waals surface area (Å²) >= 11 is 0. The molecule has 0 aliphatic carbocycles. The molecule has 0 aliphatic heterocycles. The molecule has 1 atom stereocenters. The molecule has 5 heteroatoms. The molecule has 1 radical (unpaired) electrons. The molecule has 0 aromatic carbocycles. The van der Waals surface area contributed by atoms with Gasteiger partial charge in [-0.1, -0.05) is 6.92 Å². The molecular weight excluding hydrogens is 152 g/mol. The molecule has 0 bridgehead atoms. The van der Waals surface area contributed by atoms with Gasteiger partial charge in [-0.15, -0.1) is 0 Å². The number of rotatable bonds is 4. The third-order valence-corrected chi connectivity index (χ3v) is 2.21. The summed E-state index contributed by atoms with van der Waals surface area (Å²) in [5, 5.41) is 0. The molecule has 0 saturated heterocycles. The molecule has 0 spiro atoms. The van der Waals surface area contributed by atoms with Crippen LogP contribution in [0.4, 0.5) is 0 Å². The Morgan fingerprint density at radius 1 is 1.70 bits per heavy atom. The van der Waals surface area contributed by atoms with E-state index in [9.17, 15) is 8.42 Å². The lowest BCUT2D eigenvalue weighted by Crippen LogP contribution is -2.38. The van der Waals surface area contributed by atoms with Gasteiger partial charge in [0, 0.05) is 0 Å². The fraction of sp³-hybridized carbons (Fsp3) is 0.800. The molecule has 3 N–H and O–H groups in total. The van der Waals surface area contributed by atoms with E-state index in [2.05, 4.69) is 4.72 Å². The van der Waals surface area contributed by atoms with Gasteiger partial charge in [0.15, 0.2) is 0 Å². The van der Waals surface area contributed by atoms with Gasteiger partial charge in [-0.3, -0.25) is 0 Å². The Hall–Kier alpha value is -0.130. The highest BCUT2D eigenvalue weighted by Crippen LogP contribution is 1.94. The van der Waals surface area contributed by atoms with Crippen LogP contribution in [0.3, 0.4) is 0 Å². The normalized spacial score (nSPS) is 15.1. The zero-order valence-corrected chi connectivity index (χ0v) is 6.98. The van der Waals surface area contributed by atoms with Crippen molar-refractivity contribution in [2.75, 3.05) is 0 Å². The van der Waals surface area contributed by atoms with Crippen LogP contribution >= 0.6 is 0 Å². The van der Waals surface area contributed by atoms with Crippen LogP contribution in [-0.4, -0.2) is 14.6 Å². The standard InChI is InChI=1S/C5H13N2O2S/c1-3-4-10(8,9)7-5(2)6/h4-5,7H,3,6H2,1-2H3. The average molecular weight is 165 g/mol. The Bertz CT molecular complexity index is 174. The Balaban J connectivity index is 3.89. The molecule has 0 amide bonds. The molecule has 0 aromatic rings. The third kappa shape index (κ3) is 4.72. The maximum Gasteiger partial charge on any atom is 0.217 e. The third-order valence-electron chi connectivity index (χ3n) is 0.736. The predicted octanol–water partition coefficient (Wildman–Crippen LogP) is -0.218. The lowest BCUT2D eigenvalue weighted by atomic mass is 10.6. The van der Waals surface area contributed by atoms with Crippen LogP contribution in [0.2, 0.25) is 0 Å². The second kappa shape index (κ2) is 3.90. The first-order valence-electron chi connectivity index (χ1n) is 3.09. The SMILES string of the molecule is CC[CH]S(=O)(=O)NC(C)N. The van der Waals surface area contributed by atoms with E-state index in [0.29, 0.717) is 6.42 Å². The molecule has 0 rings (SSSR count). The number of hydrogen-bond acceptors (Lipinski definition) is 3. The van der Waals surface area contributed by atoms with Gasteiger partial charge in [-0.25, -0.2) is 8.42 Å². The Morgan fingerprint density at radius 3 is 2.50 bits per heavy atom. The first-order valence-corrected chi connectivity index (χ1v) is 4.63. The molecule has 4 nitrogen and oxygen atoms in total. The summed E-state index contributed by atoms with van der Waals surface area (Å²) in [6.45, 7) is 3.32. The summed E-state index contributed by atoms with van der Waals surface area (Å²) in [6.07, 6.45) is -0.0324. The van der Waals surface area contributed by atoms with E-state index in [4.69, 9.17) is 5.73 Å². The van der Waals surface area contributed by atoms with Crippen LogP contribution in [0.15, 0.2) is 0 Å². The zero-order chi connectivity index (χ0) is 8.20. The average Bonchev–Trinajstić information content (AvgIpc) is 1.59. The van der Waals surface area contributed by atoms with Gasteiger partial charge in [0.05, 0.1) is 11.9 Å². The van der Waals surface area contributed by atoms with Crippen molar-refractivity contribution in [1.29, 1.82) is 0 Å². The second-order valence-electron chi connectivity index (χ2n) is 2.03. The van der Waals surface area contributed by atoms with Gasteiger partial charge < -0.3 is 5.73 Å². The van der Waals surface area contributed by atoms with Gasteiger partial charge in [0.25, 0.3) is 0 Å². The van der Waals surface area contributed by atoms with E-state index in [0.717, 1.165) is 0 Å². The van der Waals surface area contributed by atoms with Crippen LogP contribution in [-0.2, 0) is 10.0 Å². The minimum Gasteiger partial charge on any atom is -0.315 e. The fourth-order valence-corrected chi connectivity index (χ4v) is 1.58. The summed E-state index contributed by atoms with van der Waals surface area (Å²) in [6, 6.07) is 0. The Morgan fingerprint density at radius 2 is 2.20 bits per heavy atom. The minimum absolute atomic E-state index is 0.488. The first kappa shape index (κ1) is 9.87. The Kier molecular flexibility index (Phi) is 3.85. The van der Waals surface area contributed by atoms with Crippen molar-refractivity contribution < 1.29 is 8.42 Å². The smallest absolute Gasteiger partial charge is 0.217 e. The van der Waals surface area contributed by atoms with Crippen LogP contribution in [0, 0.1) is 5.75 Å². The second-order valence-corrected chi connectivity index (χ2v) is 3.69.